The third-order valence-electron chi connectivity index (χ3n) is 2.59. The molecule has 4 heteroatoms. The molecule has 0 rings (SSSR count). The number of hydrogen-bond donors (Lipinski definition) is 1. The zero-order valence-electron chi connectivity index (χ0n) is 12.3. The summed E-state index contributed by atoms with van der Waals surface area (Å²) in [5, 5.41) is 0. The molecule has 0 aromatic rings. The molecule has 102 valence electrons. The summed E-state index contributed by atoms with van der Waals surface area (Å²) >= 11 is 0. The first-order valence-electron chi connectivity index (χ1n) is 6.13. The standard InChI is InChI=1S/C13H28N2O2/c1-12(2,3)10(14)8-9-15(7)11(16)17-13(4,5)6/h10H,8-9,14H2,1-7H3. The maximum Gasteiger partial charge on any atom is 0.410 e. The van der Waals surface area contributed by atoms with Gasteiger partial charge in [0.1, 0.15) is 5.60 Å². The summed E-state index contributed by atoms with van der Waals surface area (Å²) in [5.41, 5.74) is 5.66. The van der Waals surface area contributed by atoms with Crippen molar-refractivity contribution in [3.8, 4) is 0 Å². The Morgan fingerprint density at radius 3 is 2.06 bits per heavy atom. The fraction of sp³-hybridized carbons (Fsp3) is 0.923. The van der Waals surface area contributed by atoms with Crippen molar-refractivity contribution < 1.29 is 9.53 Å². The van der Waals surface area contributed by atoms with E-state index in [0.29, 0.717) is 6.54 Å². The summed E-state index contributed by atoms with van der Waals surface area (Å²) in [4.78, 5) is 13.3. The van der Waals surface area contributed by atoms with Crippen LogP contribution in [0.5, 0.6) is 0 Å². The molecule has 0 saturated heterocycles. The lowest BCUT2D eigenvalue weighted by atomic mass is 9.85. The molecule has 0 aliphatic rings. The van der Waals surface area contributed by atoms with Crippen molar-refractivity contribution in [1.29, 1.82) is 0 Å². The Balaban J connectivity index is 4.11. The van der Waals surface area contributed by atoms with Crippen molar-refractivity contribution in [2.24, 2.45) is 11.1 Å². The topological polar surface area (TPSA) is 55.6 Å². The molecular weight excluding hydrogens is 216 g/mol. The predicted molar refractivity (Wildman–Crippen MR) is 70.9 cm³/mol. The highest BCUT2D eigenvalue weighted by Crippen LogP contribution is 2.20. The molecule has 0 bridgehead atoms. The lowest BCUT2D eigenvalue weighted by Gasteiger charge is -2.29. The van der Waals surface area contributed by atoms with Crippen molar-refractivity contribution in [2.75, 3.05) is 13.6 Å². The molecule has 4 nitrogen and oxygen atoms in total. The van der Waals surface area contributed by atoms with Gasteiger partial charge >= 0.3 is 6.09 Å². The lowest BCUT2D eigenvalue weighted by Crippen LogP contribution is -2.40. The number of nitrogens with two attached hydrogens (primary N) is 1. The number of carbonyl (C=O) groups excluding carboxylic acids is 1. The van der Waals surface area contributed by atoms with Gasteiger partial charge < -0.3 is 15.4 Å². The minimum Gasteiger partial charge on any atom is -0.444 e. The summed E-state index contributed by atoms with van der Waals surface area (Å²) in [6, 6.07) is 0.0763. The van der Waals surface area contributed by atoms with E-state index in [1.807, 2.05) is 20.8 Å². The van der Waals surface area contributed by atoms with E-state index in [-0.39, 0.29) is 17.6 Å². The third kappa shape index (κ3) is 7.21. The third-order valence-corrected chi connectivity index (χ3v) is 2.59. The van der Waals surface area contributed by atoms with Gasteiger partial charge in [-0.25, -0.2) is 4.79 Å². The van der Waals surface area contributed by atoms with Crippen LogP contribution in [0.25, 0.3) is 0 Å². The molecule has 0 saturated carbocycles. The van der Waals surface area contributed by atoms with Gasteiger partial charge in [-0.2, -0.15) is 0 Å². The van der Waals surface area contributed by atoms with Crippen LogP contribution in [0.3, 0.4) is 0 Å². The van der Waals surface area contributed by atoms with Crippen LogP contribution in [0, 0.1) is 5.41 Å². The van der Waals surface area contributed by atoms with Gasteiger partial charge in [-0.3, -0.25) is 0 Å². The highest BCUT2D eigenvalue weighted by Gasteiger charge is 2.23. The van der Waals surface area contributed by atoms with Gasteiger partial charge in [0.05, 0.1) is 0 Å². The predicted octanol–water partition coefficient (Wildman–Crippen LogP) is 2.62. The van der Waals surface area contributed by atoms with Gasteiger partial charge in [0.2, 0.25) is 0 Å². The number of nitrogens with zero attached hydrogens (tertiary/aromatic N) is 1. The largest absolute Gasteiger partial charge is 0.444 e. The van der Waals surface area contributed by atoms with E-state index in [0.717, 1.165) is 6.42 Å². The van der Waals surface area contributed by atoms with E-state index in [1.165, 1.54) is 0 Å². The summed E-state index contributed by atoms with van der Waals surface area (Å²) in [6.07, 6.45) is 0.484. The van der Waals surface area contributed by atoms with Gasteiger partial charge in [-0.15, -0.1) is 0 Å². The van der Waals surface area contributed by atoms with E-state index in [2.05, 4.69) is 20.8 Å². The maximum absolute atomic E-state index is 11.7. The monoisotopic (exact) mass is 244 g/mol. The average molecular weight is 244 g/mol. The molecule has 1 unspecified atom stereocenters. The molecule has 1 amide bonds. The Morgan fingerprint density at radius 1 is 1.24 bits per heavy atom. The molecule has 0 radical (unpaired) electrons. The van der Waals surface area contributed by atoms with Crippen LogP contribution in [-0.2, 0) is 4.74 Å². The van der Waals surface area contributed by atoms with Crippen molar-refractivity contribution in [2.45, 2.75) is 59.6 Å². The minimum absolute atomic E-state index is 0.0643. The minimum atomic E-state index is -0.447. The van der Waals surface area contributed by atoms with Crippen molar-refractivity contribution in [3.05, 3.63) is 0 Å². The highest BCUT2D eigenvalue weighted by molar-refractivity contribution is 5.67. The Morgan fingerprint density at radius 2 is 1.71 bits per heavy atom. The summed E-state index contributed by atoms with van der Waals surface area (Å²) in [7, 11) is 1.74. The quantitative estimate of drug-likeness (QED) is 0.830. The Labute approximate surface area is 105 Å². The fourth-order valence-corrected chi connectivity index (χ4v) is 1.20. The molecule has 1 atom stereocenters. The summed E-state index contributed by atoms with van der Waals surface area (Å²) in [6.45, 7) is 12.5. The number of hydrogen-bond acceptors (Lipinski definition) is 3. The van der Waals surface area contributed by atoms with Crippen LogP contribution in [0.4, 0.5) is 4.79 Å². The number of ether oxygens (including phenoxy) is 1. The van der Waals surface area contributed by atoms with E-state index in [1.54, 1.807) is 11.9 Å². The van der Waals surface area contributed by atoms with Crippen LogP contribution in [0.1, 0.15) is 48.0 Å². The second-order valence-electron chi connectivity index (χ2n) is 6.66. The second-order valence-corrected chi connectivity index (χ2v) is 6.66. The number of amides is 1. The molecule has 0 heterocycles. The second kappa shape index (κ2) is 5.71. The summed E-state index contributed by atoms with van der Waals surface area (Å²) in [5.74, 6) is 0. The zero-order valence-corrected chi connectivity index (χ0v) is 12.3. The van der Waals surface area contributed by atoms with E-state index >= 15 is 0 Å². The van der Waals surface area contributed by atoms with Crippen LogP contribution < -0.4 is 5.73 Å². The molecule has 2 N–H and O–H groups in total. The Bertz CT molecular complexity index is 251. The Hall–Kier alpha value is -0.770. The SMILES string of the molecule is CN(CCC(N)C(C)(C)C)C(=O)OC(C)(C)C. The lowest BCUT2D eigenvalue weighted by molar-refractivity contribution is 0.0289. The van der Waals surface area contributed by atoms with Crippen LogP contribution in [0.2, 0.25) is 0 Å². The molecule has 0 aliphatic carbocycles. The molecule has 0 aromatic carbocycles. The first-order chi connectivity index (χ1) is 7.43. The smallest absolute Gasteiger partial charge is 0.410 e. The fourth-order valence-electron chi connectivity index (χ4n) is 1.20. The highest BCUT2D eigenvalue weighted by atomic mass is 16.6. The normalized spacial score (nSPS) is 14.4. The van der Waals surface area contributed by atoms with Gasteiger partial charge in [0.15, 0.2) is 0 Å². The molecule has 0 aromatic heterocycles. The first kappa shape index (κ1) is 16.2. The Kier molecular flexibility index (Phi) is 5.46. The molecule has 17 heavy (non-hydrogen) atoms. The van der Waals surface area contributed by atoms with E-state index < -0.39 is 5.60 Å². The van der Waals surface area contributed by atoms with Crippen molar-refractivity contribution >= 4 is 6.09 Å². The van der Waals surface area contributed by atoms with E-state index in [9.17, 15) is 4.79 Å². The first-order valence-corrected chi connectivity index (χ1v) is 6.13. The van der Waals surface area contributed by atoms with Crippen LogP contribution in [-0.4, -0.2) is 36.2 Å². The number of rotatable bonds is 3. The molecular formula is C13H28N2O2. The van der Waals surface area contributed by atoms with E-state index in [4.69, 9.17) is 10.5 Å². The number of carbonyl (C=O) groups is 1. The molecule has 0 aliphatic heterocycles. The maximum atomic E-state index is 11.7. The van der Waals surface area contributed by atoms with Crippen molar-refractivity contribution in [3.63, 3.8) is 0 Å². The van der Waals surface area contributed by atoms with Gasteiger partial charge in [-0.05, 0) is 32.6 Å². The van der Waals surface area contributed by atoms with Gasteiger partial charge in [0.25, 0.3) is 0 Å². The summed E-state index contributed by atoms with van der Waals surface area (Å²) < 4.78 is 5.26. The van der Waals surface area contributed by atoms with Crippen molar-refractivity contribution in [1.82, 2.24) is 4.90 Å². The zero-order chi connectivity index (χ0) is 13.9. The molecule has 0 fully saturated rings. The average Bonchev–Trinajstić information content (AvgIpc) is 2.08. The van der Waals surface area contributed by atoms with Crippen LogP contribution >= 0.6 is 0 Å². The van der Waals surface area contributed by atoms with Gasteiger partial charge in [-0.1, -0.05) is 20.8 Å². The van der Waals surface area contributed by atoms with Crippen LogP contribution in [0.15, 0.2) is 0 Å². The van der Waals surface area contributed by atoms with Gasteiger partial charge in [0, 0.05) is 19.6 Å². The molecule has 0 spiro atoms.